The Morgan fingerprint density at radius 1 is 0.800 bits per heavy atom. The maximum Gasteiger partial charge on any atom is 0.213 e. The summed E-state index contributed by atoms with van der Waals surface area (Å²) in [7, 11) is 0. The van der Waals surface area contributed by atoms with Gasteiger partial charge in [-0.2, -0.15) is 5.10 Å². The maximum absolute atomic E-state index is 13.2. The first kappa shape index (κ1) is 16.5. The molecule has 0 spiro atoms. The van der Waals surface area contributed by atoms with Gasteiger partial charge in [0.15, 0.2) is 0 Å². The van der Waals surface area contributed by atoms with Crippen molar-refractivity contribution in [2.45, 2.75) is 0 Å². The second kappa shape index (κ2) is 7.93. The van der Waals surface area contributed by atoms with Gasteiger partial charge in [-0.25, -0.2) is 4.39 Å². The number of carbonyl (C=O) groups excluding carboxylic acids is 1. The molecule has 3 aromatic rings. The minimum absolute atomic E-state index is 0.219. The zero-order chi connectivity index (χ0) is 17.5. The Labute approximate surface area is 145 Å². The topological polar surface area (TPSA) is 41.8 Å². The molecule has 0 radical (unpaired) electrons. The molecule has 0 unspecified atom stereocenters. The van der Waals surface area contributed by atoms with Crippen LogP contribution < -0.4 is 0 Å². The normalized spacial score (nSPS) is 11.6. The summed E-state index contributed by atoms with van der Waals surface area (Å²) in [6.45, 7) is 0. The van der Waals surface area contributed by atoms with E-state index >= 15 is 0 Å². The fourth-order valence-electron chi connectivity index (χ4n) is 2.30. The molecule has 0 N–H and O–H groups in total. The molecule has 122 valence electrons. The van der Waals surface area contributed by atoms with E-state index in [4.69, 9.17) is 0 Å². The summed E-state index contributed by atoms with van der Waals surface area (Å²) in [6.07, 6.45) is 1.42. The monoisotopic (exact) mass is 330 g/mol. The van der Waals surface area contributed by atoms with Gasteiger partial charge in [-0.1, -0.05) is 72.8 Å². The molecule has 3 nitrogen and oxygen atoms in total. The van der Waals surface area contributed by atoms with Gasteiger partial charge in [0.2, 0.25) is 5.78 Å². The van der Waals surface area contributed by atoms with Crippen LogP contribution in [-0.2, 0) is 0 Å². The van der Waals surface area contributed by atoms with Gasteiger partial charge in [0.05, 0.1) is 6.21 Å². The number of carbonyl (C=O) groups is 1. The van der Waals surface area contributed by atoms with E-state index in [1.807, 2.05) is 24.3 Å². The van der Waals surface area contributed by atoms with E-state index in [1.54, 1.807) is 48.5 Å². The lowest BCUT2D eigenvalue weighted by atomic mass is 10.0. The summed E-state index contributed by atoms with van der Waals surface area (Å²) in [4.78, 5) is 12.8. The Morgan fingerprint density at radius 2 is 1.44 bits per heavy atom. The summed E-state index contributed by atoms with van der Waals surface area (Å²) in [5, 5.41) is 8.09. The van der Waals surface area contributed by atoms with Crippen molar-refractivity contribution in [2.24, 2.45) is 10.2 Å². The summed E-state index contributed by atoms with van der Waals surface area (Å²) < 4.78 is 13.2. The second-order valence-electron chi connectivity index (χ2n) is 5.31. The molecule has 0 aliphatic carbocycles. The number of hydrogen-bond acceptors (Lipinski definition) is 3. The Kier molecular flexibility index (Phi) is 5.22. The third-order valence-corrected chi connectivity index (χ3v) is 3.51. The van der Waals surface area contributed by atoms with E-state index in [9.17, 15) is 9.18 Å². The number of halogens is 1. The molecule has 0 heterocycles. The van der Waals surface area contributed by atoms with Gasteiger partial charge < -0.3 is 0 Å². The van der Waals surface area contributed by atoms with E-state index in [0.29, 0.717) is 16.7 Å². The minimum atomic E-state index is -0.350. The molecule has 0 bridgehead atoms. The quantitative estimate of drug-likeness (QED) is 0.385. The van der Waals surface area contributed by atoms with E-state index < -0.39 is 0 Å². The molecule has 25 heavy (non-hydrogen) atoms. The lowest BCUT2D eigenvalue weighted by Gasteiger charge is -2.04. The van der Waals surface area contributed by atoms with E-state index in [0.717, 1.165) is 0 Å². The first-order chi connectivity index (χ1) is 12.2. The fourth-order valence-corrected chi connectivity index (χ4v) is 2.30. The second-order valence-corrected chi connectivity index (χ2v) is 5.31. The molecule has 3 rings (SSSR count). The Hall–Kier alpha value is -3.40. The Morgan fingerprint density at radius 3 is 2.08 bits per heavy atom. The van der Waals surface area contributed by atoms with Crippen molar-refractivity contribution in [3.63, 3.8) is 0 Å². The molecule has 0 aliphatic heterocycles. The average molecular weight is 330 g/mol. The molecule has 4 heteroatoms. The molecule has 0 saturated heterocycles. The molecular formula is C21H15FN2O. The van der Waals surface area contributed by atoms with Crippen LogP contribution in [0.2, 0.25) is 0 Å². The molecule has 0 aliphatic rings. The highest BCUT2D eigenvalue weighted by Gasteiger charge is 2.15. The summed E-state index contributed by atoms with van der Waals surface area (Å²) in [6, 6.07) is 24.0. The molecule has 0 fully saturated rings. The van der Waals surface area contributed by atoms with Crippen LogP contribution in [-0.4, -0.2) is 17.7 Å². The lowest BCUT2D eigenvalue weighted by Crippen LogP contribution is -2.15. The standard InChI is InChI=1S/C21H15FN2O/c22-19-13-7-8-16(14-19)15-23-24-20(17-9-3-1-4-10-17)21(25)18-11-5-2-6-12-18/h1-15H. The van der Waals surface area contributed by atoms with Gasteiger partial charge in [0.1, 0.15) is 11.5 Å². The fraction of sp³-hybridized carbons (Fsp3) is 0. The molecule has 3 aromatic carbocycles. The van der Waals surface area contributed by atoms with Gasteiger partial charge in [-0.3, -0.25) is 4.79 Å². The predicted molar refractivity (Wildman–Crippen MR) is 97.7 cm³/mol. The smallest absolute Gasteiger partial charge is 0.213 e. The van der Waals surface area contributed by atoms with Crippen LogP contribution >= 0.6 is 0 Å². The number of benzene rings is 3. The SMILES string of the molecule is O=C(C(=NN=Cc1cccc(F)c1)c1ccccc1)c1ccccc1. The number of Topliss-reactive ketones (excluding diaryl/α,β-unsaturated/α-hetero) is 1. The Bertz CT molecular complexity index is 919. The van der Waals surface area contributed by atoms with Crippen LogP contribution in [0.3, 0.4) is 0 Å². The van der Waals surface area contributed by atoms with Crippen molar-refractivity contribution in [3.8, 4) is 0 Å². The van der Waals surface area contributed by atoms with Crippen LogP contribution in [0.5, 0.6) is 0 Å². The van der Waals surface area contributed by atoms with Gasteiger partial charge in [-0.15, -0.1) is 5.10 Å². The summed E-state index contributed by atoms with van der Waals surface area (Å²) in [5.74, 6) is -0.570. The van der Waals surface area contributed by atoms with E-state index in [1.165, 1.54) is 18.3 Å². The van der Waals surface area contributed by atoms with Crippen molar-refractivity contribution in [3.05, 3.63) is 107 Å². The number of rotatable bonds is 5. The minimum Gasteiger partial charge on any atom is -0.287 e. The van der Waals surface area contributed by atoms with Crippen LogP contribution in [0.15, 0.2) is 95.1 Å². The number of nitrogens with zero attached hydrogens (tertiary/aromatic N) is 2. The van der Waals surface area contributed by atoms with Crippen LogP contribution in [0.25, 0.3) is 0 Å². The highest BCUT2D eigenvalue weighted by atomic mass is 19.1. The number of ketones is 1. The number of hydrogen-bond donors (Lipinski definition) is 0. The highest BCUT2D eigenvalue weighted by Crippen LogP contribution is 2.10. The third kappa shape index (κ3) is 4.32. The molecule has 0 atom stereocenters. The van der Waals surface area contributed by atoms with Crippen LogP contribution in [0, 0.1) is 5.82 Å². The zero-order valence-electron chi connectivity index (χ0n) is 13.3. The van der Waals surface area contributed by atoms with E-state index in [-0.39, 0.29) is 17.3 Å². The zero-order valence-corrected chi connectivity index (χ0v) is 13.3. The van der Waals surface area contributed by atoms with Crippen molar-refractivity contribution in [1.29, 1.82) is 0 Å². The summed E-state index contributed by atoms with van der Waals surface area (Å²) >= 11 is 0. The van der Waals surface area contributed by atoms with Gasteiger partial charge >= 0.3 is 0 Å². The molecule has 0 aromatic heterocycles. The molecule has 0 saturated carbocycles. The largest absolute Gasteiger partial charge is 0.287 e. The van der Waals surface area contributed by atoms with Gasteiger partial charge in [0.25, 0.3) is 0 Å². The predicted octanol–water partition coefficient (Wildman–Crippen LogP) is 4.53. The van der Waals surface area contributed by atoms with Crippen LogP contribution in [0.1, 0.15) is 21.5 Å². The molecule has 0 amide bonds. The maximum atomic E-state index is 13.2. The van der Waals surface area contributed by atoms with Gasteiger partial charge in [-0.05, 0) is 17.7 Å². The first-order valence-electron chi connectivity index (χ1n) is 7.76. The van der Waals surface area contributed by atoms with Crippen molar-refractivity contribution in [2.75, 3.05) is 0 Å². The van der Waals surface area contributed by atoms with Gasteiger partial charge in [0, 0.05) is 11.1 Å². The van der Waals surface area contributed by atoms with Crippen molar-refractivity contribution in [1.82, 2.24) is 0 Å². The average Bonchev–Trinajstić information content (AvgIpc) is 2.66. The third-order valence-electron chi connectivity index (χ3n) is 3.51. The highest BCUT2D eigenvalue weighted by molar-refractivity contribution is 6.51. The van der Waals surface area contributed by atoms with Crippen molar-refractivity contribution >= 4 is 17.7 Å². The Balaban J connectivity index is 1.95. The lowest BCUT2D eigenvalue weighted by molar-refractivity contribution is 0.106. The first-order valence-corrected chi connectivity index (χ1v) is 7.76. The van der Waals surface area contributed by atoms with Crippen LogP contribution in [0.4, 0.5) is 4.39 Å². The molecular weight excluding hydrogens is 315 g/mol. The van der Waals surface area contributed by atoms with E-state index in [2.05, 4.69) is 10.2 Å². The van der Waals surface area contributed by atoms with Crippen molar-refractivity contribution < 1.29 is 9.18 Å². The summed E-state index contributed by atoms with van der Waals surface area (Å²) in [5.41, 5.74) is 2.02.